The lowest BCUT2D eigenvalue weighted by Gasteiger charge is -2.13. The van der Waals surface area contributed by atoms with Gasteiger partial charge >= 0.3 is 0 Å². The van der Waals surface area contributed by atoms with Gasteiger partial charge in [-0.3, -0.25) is 0 Å². The van der Waals surface area contributed by atoms with Crippen molar-refractivity contribution in [1.82, 2.24) is 5.32 Å². The molecule has 0 spiro atoms. The van der Waals surface area contributed by atoms with E-state index in [2.05, 4.69) is 57.4 Å². The van der Waals surface area contributed by atoms with Gasteiger partial charge in [0.2, 0.25) is 0 Å². The van der Waals surface area contributed by atoms with E-state index in [0.29, 0.717) is 20.6 Å². The van der Waals surface area contributed by atoms with Crippen LogP contribution in [0.15, 0.2) is 119 Å². The van der Waals surface area contributed by atoms with Crippen LogP contribution in [0, 0.1) is 6.92 Å². The van der Waals surface area contributed by atoms with E-state index >= 15 is 0 Å². The number of benzene rings is 4. The highest BCUT2D eigenvalue weighted by Gasteiger charge is 2.08. The molecule has 42 heavy (non-hydrogen) atoms. The molecule has 0 unspecified atom stereocenters. The number of nitrogens with zero attached hydrogens (tertiary/aromatic N) is 2. The number of rotatable bonds is 7. The number of hydrogen-bond donors (Lipinski definition) is 4. The Morgan fingerprint density at radius 3 is 1.43 bits per heavy atom. The van der Waals surface area contributed by atoms with Gasteiger partial charge in [-0.2, -0.15) is 9.98 Å². The van der Waals surface area contributed by atoms with Crippen LogP contribution in [0.25, 0.3) is 0 Å². The van der Waals surface area contributed by atoms with Crippen molar-refractivity contribution >= 4 is 85.6 Å². The van der Waals surface area contributed by atoms with Gasteiger partial charge in [-0.25, -0.2) is 0 Å². The first-order chi connectivity index (χ1) is 20.5. The highest BCUT2D eigenvalue weighted by atomic mass is 32.2. The summed E-state index contributed by atoms with van der Waals surface area (Å²) in [6, 6.07) is 36.6. The summed E-state index contributed by atoms with van der Waals surface area (Å²) in [6.45, 7) is 2.05. The molecule has 214 valence electrons. The minimum atomic E-state index is 0.386. The van der Waals surface area contributed by atoms with Gasteiger partial charge in [0.1, 0.15) is 0 Å². The van der Waals surface area contributed by atoms with Crippen LogP contribution in [0.5, 0.6) is 0 Å². The van der Waals surface area contributed by atoms with Gasteiger partial charge in [-0.05, 0) is 78.9 Å². The van der Waals surface area contributed by atoms with Crippen LogP contribution in [-0.2, 0) is 11.5 Å². The van der Waals surface area contributed by atoms with Crippen molar-refractivity contribution in [3.05, 3.63) is 126 Å². The van der Waals surface area contributed by atoms with Crippen molar-refractivity contribution in [1.29, 1.82) is 0 Å². The molecule has 0 bridgehead atoms. The molecule has 0 fully saturated rings. The monoisotopic (exact) mass is 628 g/mol. The van der Waals surface area contributed by atoms with E-state index in [1.165, 1.54) is 16.7 Å². The second-order valence-electron chi connectivity index (χ2n) is 9.06. The Hall–Kier alpha value is -3.70. The van der Waals surface area contributed by atoms with Gasteiger partial charge in [0.05, 0.1) is 0 Å². The summed E-state index contributed by atoms with van der Waals surface area (Å²) < 4.78 is 0. The molecule has 0 aliphatic rings. The third-order valence-corrected chi connectivity index (χ3v) is 8.12. The third kappa shape index (κ3) is 10.9. The average Bonchev–Trinajstić information content (AvgIpc) is 3.01. The summed E-state index contributed by atoms with van der Waals surface area (Å²) in [4.78, 5) is 9.23. The predicted octanol–water partition coefficient (Wildman–Crippen LogP) is 8.30. The SMILES string of the molecule is CNC(=S)/N=C(/Nc1ccc(N/C(=N/C(=S)Nc2ccc(C)cc2)SCc2ccccc2)cc1)SCc1ccccc1. The molecule has 0 aliphatic heterocycles. The van der Waals surface area contributed by atoms with E-state index < -0.39 is 0 Å². The first-order valence-corrected chi connectivity index (χ1v) is 16.0. The molecule has 0 aliphatic carbocycles. The molecular formula is C32H32N6S4. The number of thioether (sulfide) groups is 2. The number of aryl methyl sites for hydroxylation is 1. The second kappa shape index (κ2) is 16.7. The highest BCUT2D eigenvalue weighted by molar-refractivity contribution is 8.13. The fraction of sp³-hybridized carbons (Fsp3) is 0.125. The molecule has 0 saturated heterocycles. The van der Waals surface area contributed by atoms with Gasteiger partial charge in [-0.15, -0.1) is 0 Å². The lowest BCUT2D eigenvalue weighted by Crippen LogP contribution is -2.18. The second-order valence-corrected chi connectivity index (χ2v) is 11.8. The zero-order valence-corrected chi connectivity index (χ0v) is 26.6. The maximum atomic E-state index is 5.57. The van der Waals surface area contributed by atoms with Crippen LogP contribution in [-0.4, -0.2) is 27.6 Å². The zero-order valence-electron chi connectivity index (χ0n) is 23.3. The number of anilines is 3. The summed E-state index contributed by atoms with van der Waals surface area (Å²) >= 11 is 14.1. The molecule has 0 radical (unpaired) electrons. The molecule has 0 heterocycles. The summed E-state index contributed by atoms with van der Waals surface area (Å²) in [6.07, 6.45) is 0. The molecule has 0 aromatic heterocycles. The van der Waals surface area contributed by atoms with Crippen molar-refractivity contribution in [3.63, 3.8) is 0 Å². The first kappa shape index (κ1) is 31.2. The van der Waals surface area contributed by atoms with Gasteiger partial charge in [0.25, 0.3) is 0 Å². The zero-order chi connectivity index (χ0) is 29.6. The molecule has 10 heteroatoms. The van der Waals surface area contributed by atoms with Crippen LogP contribution < -0.4 is 21.3 Å². The number of amidine groups is 2. The Bertz CT molecular complexity index is 1510. The molecule has 4 aromatic carbocycles. The van der Waals surface area contributed by atoms with Crippen molar-refractivity contribution < 1.29 is 0 Å². The van der Waals surface area contributed by atoms with Crippen LogP contribution in [0.3, 0.4) is 0 Å². The maximum absolute atomic E-state index is 5.57. The molecule has 6 nitrogen and oxygen atoms in total. The average molecular weight is 629 g/mol. The quantitative estimate of drug-likeness (QED) is 0.0926. The van der Waals surface area contributed by atoms with E-state index in [9.17, 15) is 0 Å². The van der Waals surface area contributed by atoms with Crippen molar-refractivity contribution in [3.8, 4) is 0 Å². The number of aliphatic imine (C=N–C) groups is 2. The minimum absolute atomic E-state index is 0.386. The molecule has 4 aromatic rings. The van der Waals surface area contributed by atoms with Gasteiger partial charge in [0, 0.05) is 35.6 Å². The number of hydrogen-bond acceptors (Lipinski definition) is 4. The van der Waals surface area contributed by atoms with Gasteiger partial charge in [0.15, 0.2) is 20.6 Å². The fourth-order valence-electron chi connectivity index (χ4n) is 3.56. The molecule has 0 atom stereocenters. The Morgan fingerprint density at radius 2 is 0.976 bits per heavy atom. The Kier molecular flexibility index (Phi) is 12.4. The van der Waals surface area contributed by atoms with E-state index in [1.54, 1.807) is 30.6 Å². The normalized spacial score (nSPS) is 11.5. The van der Waals surface area contributed by atoms with Crippen LogP contribution in [0.2, 0.25) is 0 Å². The first-order valence-electron chi connectivity index (χ1n) is 13.2. The van der Waals surface area contributed by atoms with Crippen molar-refractivity contribution in [2.24, 2.45) is 9.98 Å². The maximum Gasteiger partial charge on any atom is 0.199 e. The summed E-state index contributed by atoms with van der Waals surface area (Å²) in [5, 5.41) is 15.2. The lowest BCUT2D eigenvalue weighted by atomic mass is 10.2. The largest absolute Gasteiger partial charge is 0.364 e. The fourth-order valence-corrected chi connectivity index (χ4v) is 5.66. The Balaban J connectivity index is 1.44. The summed E-state index contributed by atoms with van der Waals surface area (Å²) in [5.74, 6) is 1.52. The molecular weight excluding hydrogens is 597 g/mol. The third-order valence-electron chi connectivity index (χ3n) is 5.75. The number of thiocarbonyl (C=S) groups is 2. The molecule has 4 rings (SSSR count). The number of nitrogens with one attached hydrogen (secondary N) is 4. The Labute approximate surface area is 266 Å². The van der Waals surface area contributed by atoms with E-state index in [0.717, 1.165) is 28.6 Å². The standard InChI is InChI=1S/C32H32N6S4/c1-23-13-15-26(16-14-23)34-30(40)38-32(42-22-25-11-7-4-8-12-25)36-28-19-17-27(18-20-28)35-31(37-29(39)33-2)41-21-24-9-5-3-6-10-24/h3-20H,21-22H2,1-2H3,(H2,33,35,37,39)(H2,34,36,38,40). The predicted molar refractivity (Wildman–Crippen MR) is 193 cm³/mol. The van der Waals surface area contributed by atoms with E-state index in [1.807, 2.05) is 84.9 Å². The highest BCUT2D eigenvalue weighted by Crippen LogP contribution is 2.21. The van der Waals surface area contributed by atoms with E-state index in [-0.39, 0.29) is 0 Å². The van der Waals surface area contributed by atoms with Gasteiger partial charge < -0.3 is 21.3 Å². The van der Waals surface area contributed by atoms with Crippen LogP contribution >= 0.6 is 48.0 Å². The molecule has 4 N–H and O–H groups in total. The Morgan fingerprint density at radius 1 is 0.571 bits per heavy atom. The van der Waals surface area contributed by atoms with E-state index in [4.69, 9.17) is 29.4 Å². The lowest BCUT2D eigenvalue weighted by molar-refractivity contribution is 1.18. The van der Waals surface area contributed by atoms with Gasteiger partial charge in [-0.1, -0.05) is 102 Å². The summed E-state index contributed by atoms with van der Waals surface area (Å²) in [7, 11) is 1.77. The van der Waals surface area contributed by atoms with Crippen LogP contribution in [0.1, 0.15) is 16.7 Å². The van der Waals surface area contributed by atoms with Crippen molar-refractivity contribution in [2.45, 2.75) is 18.4 Å². The van der Waals surface area contributed by atoms with Crippen LogP contribution in [0.4, 0.5) is 17.1 Å². The molecule has 0 amide bonds. The molecule has 0 saturated carbocycles. The minimum Gasteiger partial charge on any atom is -0.364 e. The summed E-state index contributed by atoms with van der Waals surface area (Å²) in [5.41, 5.74) is 6.28. The van der Waals surface area contributed by atoms with Crippen molar-refractivity contribution in [2.75, 3.05) is 23.0 Å². The topological polar surface area (TPSA) is 72.8 Å². The smallest absolute Gasteiger partial charge is 0.199 e.